The van der Waals surface area contributed by atoms with Crippen LogP contribution >= 0.6 is 11.3 Å². The zero-order chi connectivity index (χ0) is 15.2. The summed E-state index contributed by atoms with van der Waals surface area (Å²) in [5, 5.41) is 11.5. The summed E-state index contributed by atoms with van der Waals surface area (Å²) >= 11 is 1.69. The highest BCUT2D eigenvalue weighted by Crippen LogP contribution is 2.22. The number of amides is 2. The van der Waals surface area contributed by atoms with Gasteiger partial charge in [0.1, 0.15) is 11.5 Å². The van der Waals surface area contributed by atoms with Crippen LogP contribution in [0.1, 0.15) is 22.4 Å². The fraction of sp³-hybridized carbons (Fsp3) is 0.429. The van der Waals surface area contributed by atoms with Gasteiger partial charge in [-0.1, -0.05) is 11.2 Å². The molecule has 1 unspecified atom stereocenters. The minimum atomic E-state index is -0.209. The van der Waals surface area contributed by atoms with Gasteiger partial charge in [-0.25, -0.2) is 4.79 Å². The third-order valence-electron chi connectivity index (χ3n) is 3.06. The number of carbonyl (C=O) groups excluding carboxylic acids is 1. The van der Waals surface area contributed by atoms with Crippen molar-refractivity contribution in [3.8, 4) is 0 Å². The normalized spacial score (nSPS) is 12.4. The lowest BCUT2D eigenvalue weighted by Gasteiger charge is -2.23. The van der Waals surface area contributed by atoms with Crippen LogP contribution in [-0.2, 0) is 6.54 Å². The third kappa shape index (κ3) is 4.57. The molecule has 114 valence electrons. The van der Waals surface area contributed by atoms with Crippen LogP contribution in [0.15, 0.2) is 28.1 Å². The molecular weight excluding hydrogens is 288 g/mol. The van der Waals surface area contributed by atoms with Crippen molar-refractivity contribution in [3.63, 3.8) is 0 Å². The average molecular weight is 308 g/mol. The zero-order valence-corrected chi connectivity index (χ0v) is 13.2. The molecule has 2 heterocycles. The molecule has 0 fully saturated rings. The molecule has 6 nitrogen and oxygen atoms in total. The Labute approximate surface area is 128 Å². The second kappa shape index (κ2) is 7.24. The first kappa shape index (κ1) is 15.5. The van der Waals surface area contributed by atoms with Crippen molar-refractivity contribution < 1.29 is 9.32 Å². The molecule has 0 aliphatic carbocycles. The minimum Gasteiger partial charge on any atom is -0.361 e. The second-order valence-corrected chi connectivity index (χ2v) is 5.97. The Morgan fingerprint density at radius 3 is 2.86 bits per heavy atom. The Hall–Kier alpha value is -1.86. The standard InChI is InChI=1S/C14H20N4O2S/c1-10-7-11(17-20-10)8-15-14(19)16-9-12(18(2)3)13-5-4-6-21-13/h4-7,12H,8-9H2,1-3H3,(H2,15,16,19). The van der Waals surface area contributed by atoms with Crippen LogP contribution in [0.4, 0.5) is 4.79 Å². The molecule has 0 radical (unpaired) electrons. The van der Waals surface area contributed by atoms with Crippen molar-refractivity contribution >= 4 is 17.4 Å². The van der Waals surface area contributed by atoms with E-state index < -0.39 is 0 Å². The smallest absolute Gasteiger partial charge is 0.315 e. The molecule has 2 aromatic heterocycles. The van der Waals surface area contributed by atoms with Crippen LogP contribution in [0.25, 0.3) is 0 Å². The van der Waals surface area contributed by atoms with Crippen LogP contribution in [-0.4, -0.2) is 36.7 Å². The van der Waals surface area contributed by atoms with Crippen LogP contribution in [0.5, 0.6) is 0 Å². The summed E-state index contributed by atoms with van der Waals surface area (Å²) in [4.78, 5) is 15.1. The Morgan fingerprint density at radius 1 is 1.48 bits per heavy atom. The van der Waals surface area contributed by atoms with Crippen molar-refractivity contribution in [3.05, 3.63) is 39.9 Å². The number of urea groups is 1. The topological polar surface area (TPSA) is 70.4 Å². The molecular formula is C14H20N4O2S. The van der Waals surface area contributed by atoms with E-state index in [1.165, 1.54) is 4.88 Å². The van der Waals surface area contributed by atoms with Gasteiger partial charge in [0.05, 0.1) is 12.6 Å². The number of hydrogen-bond acceptors (Lipinski definition) is 5. The van der Waals surface area contributed by atoms with E-state index in [2.05, 4.69) is 26.8 Å². The summed E-state index contributed by atoms with van der Waals surface area (Å²) in [5.74, 6) is 0.734. The summed E-state index contributed by atoms with van der Waals surface area (Å²) in [5.41, 5.74) is 0.713. The lowest BCUT2D eigenvalue weighted by atomic mass is 10.2. The molecule has 0 bridgehead atoms. The number of thiophene rings is 1. The largest absolute Gasteiger partial charge is 0.361 e. The molecule has 2 amide bonds. The van der Waals surface area contributed by atoms with E-state index in [9.17, 15) is 4.79 Å². The van der Waals surface area contributed by atoms with Gasteiger partial charge < -0.3 is 20.1 Å². The molecule has 0 aliphatic heterocycles. The first-order valence-corrected chi connectivity index (χ1v) is 7.58. The molecule has 0 saturated heterocycles. The molecule has 2 aromatic rings. The Balaban J connectivity index is 1.79. The number of aromatic nitrogens is 1. The third-order valence-corrected chi connectivity index (χ3v) is 4.03. The van der Waals surface area contributed by atoms with Gasteiger partial charge in [0.25, 0.3) is 0 Å². The molecule has 0 spiro atoms. The highest BCUT2D eigenvalue weighted by atomic mass is 32.1. The first-order valence-electron chi connectivity index (χ1n) is 6.70. The molecule has 21 heavy (non-hydrogen) atoms. The molecule has 2 N–H and O–H groups in total. The van der Waals surface area contributed by atoms with Gasteiger partial charge in [-0.15, -0.1) is 11.3 Å². The monoisotopic (exact) mass is 308 g/mol. The molecule has 0 aliphatic rings. The number of nitrogens with one attached hydrogen (secondary N) is 2. The Morgan fingerprint density at radius 2 is 2.29 bits per heavy atom. The van der Waals surface area contributed by atoms with E-state index in [1.807, 2.05) is 32.5 Å². The Kier molecular flexibility index (Phi) is 5.35. The fourth-order valence-corrected chi connectivity index (χ4v) is 2.87. The van der Waals surface area contributed by atoms with E-state index in [-0.39, 0.29) is 12.1 Å². The van der Waals surface area contributed by atoms with Gasteiger partial charge in [0, 0.05) is 17.5 Å². The SMILES string of the molecule is Cc1cc(CNC(=O)NCC(c2cccs2)N(C)C)no1. The molecule has 7 heteroatoms. The van der Waals surface area contributed by atoms with Crippen molar-refractivity contribution in [1.82, 2.24) is 20.7 Å². The van der Waals surface area contributed by atoms with Crippen molar-refractivity contribution in [2.24, 2.45) is 0 Å². The number of aryl methyl sites for hydroxylation is 1. The van der Waals surface area contributed by atoms with Crippen LogP contribution in [0.3, 0.4) is 0 Å². The van der Waals surface area contributed by atoms with Crippen molar-refractivity contribution in [2.75, 3.05) is 20.6 Å². The predicted octanol–water partition coefficient (Wildman–Crippen LogP) is 2.15. The van der Waals surface area contributed by atoms with Crippen LogP contribution < -0.4 is 10.6 Å². The molecule has 0 saturated carbocycles. The zero-order valence-electron chi connectivity index (χ0n) is 12.4. The number of carbonyl (C=O) groups is 1. The highest BCUT2D eigenvalue weighted by molar-refractivity contribution is 7.10. The summed E-state index contributed by atoms with van der Waals surface area (Å²) in [7, 11) is 4.00. The van der Waals surface area contributed by atoms with E-state index >= 15 is 0 Å². The quantitative estimate of drug-likeness (QED) is 0.858. The average Bonchev–Trinajstić information content (AvgIpc) is 3.08. The van der Waals surface area contributed by atoms with E-state index in [0.29, 0.717) is 18.8 Å². The molecule has 2 rings (SSSR count). The van der Waals surface area contributed by atoms with Gasteiger partial charge in [-0.05, 0) is 32.5 Å². The molecule has 0 aromatic carbocycles. The van der Waals surface area contributed by atoms with Gasteiger partial charge in [0.15, 0.2) is 0 Å². The summed E-state index contributed by atoms with van der Waals surface area (Å²) < 4.78 is 4.95. The summed E-state index contributed by atoms with van der Waals surface area (Å²) in [6.07, 6.45) is 0. The van der Waals surface area contributed by atoms with Gasteiger partial charge in [-0.3, -0.25) is 0 Å². The lowest BCUT2D eigenvalue weighted by molar-refractivity contribution is 0.232. The van der Waals surface area contributed by atoms with Gasteiger partial charge >= 0.3 is 6.03 Å². The van der Waals surface area contributed by atoms with E-state index in [0.717, 1.165) is 5.76 Å². The van der Waals surface area contributed by atoms with Crippen LogP contribution in [0, 0.1) is 6.92 Å². The highest BCUT2D eigenvalue weighted by Gasteiger charge is 2.16. The maximum absolute atomic E-state index is 11.8. The Bertz CT molecular complexity index is 565. The maximum atomic E-state index is 11.8. The number of hydrogen-bond donors (Lipinski definition) is 2. The number of nitrogens with zero attached hydrogens (tertiary/aromatic N) is 2. The summed E-state index contributed by atoms with van der Waals surface area (Å²) in [6.45, 7) is 2.73. The molecule has 1 atom stereocenters. The number of likely N-dealkylation sites (N-methyl/N-ethyl adjacent to an activating group) is 1. The lowest BCUT2D eigenvalue weighted by Crippen LogP contribution is -2.40. The first-order chi connectivity index (χ1) is 10.1. The van der Waals surface area contributed by atoms with Gasteiger partial charge in [-0.2, -0.15) is 0 Å². The van der Waals surface area contributed by atoms with E-state index in [4.69, 9.17) is 4.52 Å². The van der Waals surface area contributed by atoms with E-state index in [1.54, 1.807) is 17.4 Å². The number of rotatable bonds is 6. The van der Waals surface area contributed by atoms with Crippen LogP contribution in [0.2, 0.25) is 0 Å². The van der Waals surface area contributed by atoms with Gasteiger partial charge in [0.2, 0.25) is 0 Å². The van der Waals surface area contributed by atoms with Crippen molar-refractivity contribution in [2.45, 2.75) is 19.5 Å². The summed E-state index contributed by atoms with van der Waals surface area (Å²) in [6, 6.07) is 5.86. The maximum Gasteiger partial charge on any atom is 0.315 e. The minimum absolute atomic E-state index is 0.171. The fourth-order valence-electron chi connectivity index (χ4n) is 1.94. The second-order valence-electron chi connectivity index (χ2n) is 4.99. The van der Waals surface area contributed by atoms with Crippen molar-refractivity contribution in [1.29, 1.82) is 0 Å². The predicted molar refractivity (Wildman–Crippen MR) is 82.2 cm³/mol.